The van der Waals surface area contributed by atoms with E-state index in [0.29, 0.717) is 18.2 Å². The van der Waals surface area contributed by atoms with E-state index in [4.69, 9.17) is 4.42 Å². The third kappa shape index (κ3) is 5.67. The van der Waals surface area contributed by atoms with E-state index in [1.807, 2.05) is 13.0 Å². The second kappa shape index (κ2) is 10.0. The fourth-order valence-corrected chi connectivity index (χ4v) is 4.48. The maximum Gasteiger partial charge on any atom is 0.287 e. The summed E-state index contributed by atoms with van der Waals surface area (Å²) < 4.78 is 5.26. The highest BCUT2D eigenvalue weighted by Gasteiger charge is 2.25. The lowest BCUT2D eigenvalue weighted by Crippen LogP contribution is -2.47. The number of anilines is 1. The number of furan rings is 1. The average molecular weight is 425 g/mol. The molecule has 2 amide bonds. The molecule has 31 heavy (non-hydrogen) atoms. The Morgan fingerprint density at radius 1 is 1.06 bits per heavy atom. The number of benzene rings is 1. The van der Waals surface area contributed by atoms with Crippen molar-refractivity contribution in [2.75, 3.05) is 44.2 Å². The summed E-state index contributed by atoms with van der Waals surface area (Å²) in [6.07, 6.45) is 4.33. The van der Waals surface area contributed by atoms with E-state index in [-0.39, 0.29) is 17.9 Å². The van der Waals surface area contributed by atoms with E-state index in [0.717, 1.165) is 57.5 Å². The third-order valence-electron chi connectivity index (χ3n) is 6.35. The number of hydrogen-bond acceptors (Lipinski definition) is 5. The number of hydrogen-bond donors (Lipinski definition) is 2. The Labute approximate surface area is 183 Å². The highest BCUT2D eigenvalue weighted by Crippen LogP contribution is 2.23. The topological polar surface area (TPSA) is 77.8 Å². The summed E-state index contributed by atoms with van der Waals surface area (Å²) in [6, 6.07) is 12.4. The van der Waals surface area contributed by atoms with Crippen LogP contribution in [0.4, 0.5) is 5.69 Å². The minimum atomic E-state index is -0.153. The Morgan fingerprint density at radius 2 is 1.84 bits per heavy atom. The van der Waals surface area contributed by atoms with Crippen LogP contribution in [0, 0.1) is 12.8 Å². The standard InChI is InChI=1S/C24H32N4O3/c1-18-10-14-31-23(18)24(30)26-20-8-11-27(12-9-20)17-22(29)25-15-19-7-13-28(16-19)21-5-3-2-4-6-21/h2-6,10,14,19-20H,7-9,11-13,15-17H2,1H3,(H,25,29)(H,26,30). The molecule has 0 aliphatic carbocycles. The van der Waals surface area contributed by atoms with E-state index in [1.54, 1.807) is 6.07 Å². The normalized spacial score (nSPS) is 20.0. The molecule has 4 rings (SSSR count). The SMILES string of the molecule is Cc1ccoc1C(=O)NC1CCN(CC(=O)NCC2CCN(c3ccccc3)C2)CC1. The van der Waals surface area contributed by atoms with Crippen LogP contribution >= 0.6 is 0 Å². The van der Waals surface area contributed by atoms with Crippen molar-refractivity contribution in [2.45, 2.75) is 32.2 Å². The van der Waals surface area contributed by atoms with Crippen molar-refractivity contribution in [1.29, 1.82) is 0 Å². The summed E-state index contributed by atoms with van der Waals surface area (Å²) in [7, 11) is 0. The van der Waals surface area contributed by atoms with Crippen molar-refractivity contribution in [2.24, 2.45) is 5.92 Å². The van der Waals surface area contributed by atoms with Gasteiger partial charge in [-0.15, -0.1) is 0 Å². The largest absolute Gasteiger partial charge is 0.459 e. The molecular formula is C24H32N4O3. The zero-order chi connectivity index (χ0) is 21.6. The van der Waals surface area contributed by atoms with Crippen molar-refractivity contribution in [3.05, 3.63) is 54.0 Å². The lowest BCUT2D eigenvalue weighted by atomic mass is 10.0. The van der Waals surface area contributed by atoms with E-state index >= 15 is 0 Å². The van der Waals surface area contributed by atoms with Crippen LogP contribution in [0.2, 0.25) is 0 Å². The van der Waals surface area contributed by atoms with Gasteiger partial charge in [-0.25, -0.2) is 0 Å². The number of aryl methyl sites for hydroxylation is 1. The number of carbonyl (C=O) groups is 2. The lowest BCUT2D eigenvalue weighted by Gasteiger charge is -2.31. The molecule has 2 saturated heterocycles. The summed E-state index contributed by atoms with van der Waals surface area (Å²) in [4.78, 5) is 29.3. The molecule has 2 N–H and O–H groups in total. The van der Waals surface area contributed by atoms with Crippen molar-refractivity contribution >= 4 is 17.5 Å². The molecule has 2 aliphatic rings. The van der Waals surface area contributed by atoms with Crippen molar-refractivity contribution in [3.8, 4) is 0 Å². The van der Waals surface area contributed by atoms with Gasteiger partial charge in [0.1, 0.15) is 0 Å². The summed E-state index contributed by atoms with van der Waals surface area (Å²) in [5.74, 6) is 0.821. The molecule has 0 bridgehead atoms. The van der Waals surface area contributed by atoms with E-state index in [1.165, 1.54) is 12.0 Å². The highest BCUT2D eigenvalue weighted by atomic mass is 16.3. The first-order valence-corrected chi connectivity index (χ1v) is 11.2. The number of likely N-dealkylation sites (tertiary alicyclic amines) is 1. The van der Waals surface area contributed by atoms with Gasteiger partial charge in [-0.2, -0.15) is 0 Å². The Bertz CT molecular complexity index is 874. The quantitative estimate of drug-likeness (QED) is 0.714. The number of piperidine rings is 1. The molecule has 1 atom stereocenters. The van der Waals surface area contributed by atoms with E-state index in [2.05, 4.69) is 44.7 Å². The molecule has 3 heterocycles. The molecule has 1 aromatic carbocycles. The zero-order valence-electron chi connectivity index (χ0n) is 18.2. The van der Waals surface area contributed by atoms with Crippen LogP contribution in [0.25, 0.3) is 0 Å². The monoisotopic (exact) mass is 424 g/mol. The summed E-state index contributed by atoms with van der Waals surface area (Å²) in [5, 5.41) is 6.17. The van der Waals surface area contributed by atoms with Gasteiger partial charge in [-0.3, -0.25) is 14.5 Å². The van der Waals surface area contributed by atoms with Gasteiger partial charge in [0, 0.05) is 50.0 Å². The maximum atomic E-state index is 12.4. The minimum Gasteiger partial charge on any atom is -0.459 e. The lowest BCUT2D eigenvalue weighted by molar-refractivity contribution is -0.122. The van der Waals surface area contributed by atoms with Gasteiger partial charge in [0.15, 0.2) is 5.76 Å². The number of amides is 2. The Hall–Kier alpha value is -2.80. The molecule has 1 unspecified atom stereocenters. The van der Waals surface area contributed by atoms with Crippen LogP contribution in [0.3, 0.4) is 0 Å². The van der Waals surface area contributed by atoms with Crippen molar-refractivity contribution < 1.29 is 14.0 Å². The Morgan fingerprint density at radius 3 is 2.55 bits per heavy atom. The molecule has 2 aromatic rings. The molecule has 2 aliphatic heterocycles. The van der Waals surface area contributed by atoms with Gasteiger partial charge in [0.05, 0.1) is 12.8 Å². The van der Waals surface area contributed by atoms with Crippen molar-refractivity contribution in [1.82, 2.24) is 15.5 Å². The van der Waals surface area contributed by atoms with Crippen molar-refractivity contribution in [3.63, 3.8) is 0 Å². The smallest absolute Gasteiger partial charge is 0.287 e. The molecule has 7 nitrogen and oxygen atoms in total. The highest BCUT2D eigenvalue weighted by molar-refractivity contribution is 5.93. The molecule has 0 spiro atoms. The first-order chi connectivity index (χ1) is 15.1. The van der Waals surface area contributed by atoms with Gasteiger partial charge >= 0.3 is 0 Å². The molecule has 166 valence electrons. The molecule has 0 radical (unpaired) electrons. The molecule has 1 aromatic heterocycles. The minimum absolute atomic E-state index is 0.0897. The zero-order valence-corrected chi connectivity index (χ0v) is 18.2. The predicted octanol–water partition coefficient (Wildman–Crippen LogP) is 2.42. The fraction of sp³-hybridized carbons (Fsp3) is 0.500. The molecule has 0 saturated carbocycles. The summed E-state index contributed by atoms with van der Waals surface area (Å²) >= 11 is 0. The fourth-order valence-electron chi connectivity index (χ4n) is 4.48. The Balaban J connectivity index is 1.13. The average Bonchev–Trinajstić information content (AvgIpc) is 3.43. The van der Waals surface area contributed by atoms with Gasteiger partial charge < -0.3 is 20.0 Å². The van der Waals surface area contributed by atoms with Crippen LogP contribution < -0.4 is 15.5 Å². The third-order valence-corrected chi connectivity index (χ3v) is 6.35. The molecular weight excluding hydrogens is 392 g/mol. The van der Waals surface area contributed by atoms with Gasteiger partial charge in [0.2, 0.25) is 5.91 Å². The maximum absolute atomic E-state index is 12.4. The first kappa shape index (κ1) is 21.4. The molecule has 2 fully saturated rings. The van der Waals surface area contributed by atoms with Gasteiger partial charge in [-0.05, 0) is 50.3 Å². The number of para-hydroxylation sites is 1. The van der Waals surface area contributed by atoms with Gasteiger partial charge in [-0.1, -0.05) is 18.2 Å². The van der Waals surface area contributed by atoms with Crippen LogP contribution in [-0.2, 0) is 4.79 Å². The van der Waals surface area contributed by atoms with Crippen LogP contribution in [-0.4, -0.2) is 62.0 Å². The number of rotatable bonds is 7. The van der Waals surface area contributed by atoms with Gasteiger partial charge in [0.25, 0.3) is 5.91 Å². The van der Waals surface area contributed by atoms with Crippen LogP contribution in [0.1, 0.15) is 35.4 Å². The van der Waals surface area contributed by atoms with E-state index < -0.39 is 0 Å². The van der Waals surface area contributed by atoms with Crippen LogP contribution in [0.15, 0.2) is 47.1 Å². The first-order valence-electron chi connectivity index (χ1n) is 11.2. The summed E-state index contributed by atoms with van der Waals surface area (Å²) in [5.41, 5.74) is 2.11. The Kier molecular flexibility index (Phi) is 6.92. The second-order valence-electron chi connectivity index (χ2n) is 8.70. The van der Waals surface area contributed by atoms with E-state index in [9.17, 15) is 9.59 Å². The molecule has 7 heteroatoms. The second-order valence-corrected chi connectivity index (χ2v) is 8.70. The predicted molar refractivity (Wildman–Crippen MR) is 120 cm³/mol. The number of nitrogens with zero attached hydrogens (tertiary/aromatic N) is 2. The van der Waals surface area contributed by atoms with Crippen LogP contribution in [0.5, 0.6) is 0 Å². The number of carbonyl (C=O) groups excluding carboxylic acids is 2. The number of nitrogens with one attached hydrogen (secondary N) is 2. The summed E-state index contributed by atoms with van der Waals surface area (Å²) in [6.45, 7) is 6.67.